The summed E-state index contributed by atoms with van der Waals surface area (Å²) < 4.78 is 27.6. The molecule has 0 saturated carbocycles. The van der Waals surface area contributed by atoms with E-state index in [4.69, 9.17) is 23.7 Å². The van der Waals surface area contributed by atoms with Gasteiger partial charge in [-0.2, -0.15) is 0 Å². The quantitative estimate of drug-likeness (QED) is 0.257. The highest BCUT2D eigenvalue weighted by atomic mass is 16.5. The lowest BCUT2D eigenvalue weighted by atomic mass is 9.72. The van der Waals surface area contributed by atoms with Crippen LogP contribution < -0.4 is 23.7 Å². The summed E-state index contributed by atoms with van der Waals surface area (Å²) in [7, 11) is 8.56. The topological polar surface area (TPSA) is 66.5 Å². The van der Waals surface area contributed by atoms with Crippen molar-refractivity contribution in [2.45, 2.75) is 24.7 Å². The van der Waals surface area contributed by atoms with Crippen LogP contribution in [0.4, 0.5) is 0 Å². The number of rotatable bonds is 12. The Morgan fingerprint density at radius 1 is 0.784 bits per heavy atom. The van der Waals surface area contributed by atoms with Gasteiger partial charge in [0.2, 0.25) is 0 Å². The minimum atomic E-state index is -0.902. The van der Waals surface area contributed by atoms with Crippen LogP contribution in [0.1, 0.15) is 29.5 Å². The SMILES string of the molecule is COc1ccc(CCN(C)CCC[C@@]2(c3ccccc3)C(=O)Oc3cc(OC)c(OC)cc32)cc1OC. The Morgan fingerprint density at radius 3 is 2.11 bits per heavy atom. The third-order valence-corrected chi connectivity index (χ3v) is 7.09. The second-order valence-corrected chi connectivity index (χ2v) is 9.21. The molecule has 1 aliphatic heterocycles. The molecule has 0 fully saturated rings. The van der Waals surface area contributed by atoms with Crippen LogP contribution in [0.25, 0.3) is 0 Å². The van der Waals surface area contributed by atoms with E-state index in [0.29, 0.717) is 23.7 Å². The molecule has 196 valence electrons. The van der Waals surface area contributed by atoms with Crippen LogP contribution >= 0.6 is 0 Å². The number of esters is 1. The first kappa shape index (κ1) is 26.4. The molecule has 37 heavy (non-hydrogen) atoms. The van der Waals surface area contributed by atoms with Crippen LogP contribution in [0.5, 0.6) is 28.7 Å². The molecule has 0 bridgehead atoms. The molecule has 1 atom stereocenters. The van der Waals surface area contributed by atoms with Gasteiger partial charge in [-0.15, -0.1) is 0 Å². The molecular formula is C30H35NO6. The summed E-state index contributed by atoms with van der Waals surface area (Å²) in [5.41, 5.74) is 2.01. The lowest BCUT2D eigenvalue weighted by molar-refractivity contribution is -0.137. The summed E-state index contributed by atoms with van der Waals surface area (Å²) in [6.45, 7) is 1.71. The molecule has 4 rings (SSSR count). The van der Waals surface area contributed by atoms with Crippen molar-refractivity contribution in [2.75, 3.05) is 48.6 Å². The van der Waals surface area contributed by atoms with Gasteiger partial charge in [-0.25, -0.2) is 0 Å². The number of benzene rings is 3. The predicted molar refractivity (Wildman–Crippen MR) is 142 cm³/mol. The zero-order valence-corrected chi connectivity index (χ0v) is 22.2. The molecule has 0 aromatic heterocycles. The van der Waals surface area contributed by atoms with Crippen molar-refractivity contribution in [1.82, 2.24) is 4.90 Å². The van der Waals surface area contributed by atoms with E-state index in [2.05, 4.69) is 18.0 Å². The standard InChI is InChI=1S/C30H35NO6/c1-31(17-14-21-12-13-24(33-2)26(18-21)34-3)16-9-15-30(22-10-7-6-8-11-22)23-19-27(35-4)28(36-5)20-25(23)37-29(30)32/h6-8,10-13,18-20H,9,14-17H2,1-5H3/t30-/m0/s1. The largest absolute Gasteiger partial charge is 0.493 e. The zero-order chi connectivity index (χ0) is 26.4. The zero-order valence-electron chi connectivity index (χ0n) is 22.2. The number of nitrogens with zero attached hydrogens (tertiary/aromatic N) is 1. The van der Waals surface area contributed by atoms with Gasteiger partial charge in [-0.3, -0.25) is 4.79 Å². The van der Waals surface area contributed by atoms with Gasteiger partial charge in [0.15, 0.2) is 23.0 Å². The van der Waals surface area contributed by atoms with Gasteiger partial charge in [-0.1, -0.05) is 36.4 Å². The third kappa shape index (κ3) is 5.23. The average molecular weight is 506 g/mol. The Labute approximate surface area is 218 Å². The molecule has 1 heterocycles. The normalized spacial score (nSPS) is 16.3. The molecular weight excluding hydrogens is 470 g/mol. The van der Waals surface area contributed by atoms with Crippen molar-refractivity contribution >= 4 is 5.97 Å². The Hall–Kier alpha value is -3.71. The van der Waals surface area contributed by atoms with Crippen LogP contribution in [0.15, 0.2) is 60.7 Å². The van der Waals surface area contributed by atoms with Gasteiger partial charge < -0.3 is 28.6 Å². The van der Waals surface area contributed by atoms with E-state index in [-0.39, 0.29) is 5.97 Å². The van der Waals surface area contributed by atoms with Gasteiger partial charge in [0.25, 0.3) is 0 Å². The van der Waals surface area contributed by atoms with Crippen LogP contribution in [0.2, 0.25) is 0 Å². The molecule has 0 spiro atoms. The minimum absolute atomic E-state index is 0.267. The van der Waals surface area contributed by atoms with Crippen LogP contribution in [-0.2, 0) is 16.6 Å². The maximum Gasteiger partial charge on any atom is 0.326 e. The number of carbonyl (C=O) groups is 1. The highest BCUT2D eigenvalue weighted by molar-refractivity contribution is 5.95. The van der Waals surface area contributed by atoms with Gasteiger partial charge >= 0.3 is 5.97 Å². The fourth-order valence-corrected chi connectivity index (χ4v) is 5.03. The summed E-state index contributed by atoms with van der Waals surface area (Å²) in [5, 5.41) is 0. The first-order valence-electron chi connectivity index (χ1n) is 12.4. The summed E-state index contributed by atoms with van der Waals surface area (Å²) in [5.74, 6) is 2.83. The Bertz CT molecular complexity index is 1230. The molecule has 0 aliphatic carbocycles. The molecule has 0 N–H and O–H groups in total. The Kier molecular flexibility index (Phi) is 8.24. The second kappa shape index (κ2) is 11.6. The number of hydrogen-bond acceptors (Lipinski definition) is 7. The molecule has 0 amide bonds. The van der Waals surface area contributed by atoms with Crippen LogP contribution in [0, 0.1) is 0 Å². The predicted octanol–water partition coefficient (Wildman–Crippen LogP) is 4.88. The van der Waals surface area contributed by atoms with E-state index in [1.54, 1.807) is 34.5 Å². The monoisotopic (exact) mass is 505 g/mol. The minimum Gasteiger partial charge on any atom is -0.493 e. The van der Waals surface area contributed by atoms with E-state index in [9.17, 15) is 4.79 Å². The number of hydrogen-bond donors (Lipinski definition) is 0. The van der Waals surface area contributed by atoms with E-state index >= 15 is 0 Å². The fraction of sp³-hybridized carbons (Fsp3) is 0.367. The van der Waals surface area contributed by atoms with Crippen LogP contribution in [0.3, 0.4) is 0 Å². The summed E-state index contributed by atoms with van der Waals surface area (Å²) in [4.78, 5) is 15.8. The first-order chi connectivity index (χ1) is 18.0. The molecule has 0 unspecified atom stereocenters. The Morgan fingerprint density at radius 2 is 1.43 bits per heavy atom. The molecule has 7 heteroatoms. The van der Waals surface area contributed by atoms with E-state index < -0.39 is 5.41 Å². The number of fused-ring (bicyclic) bond motifs is 1. The first-order valence-corrected chi connectivity index (χ1v) is 12.4. The van der Waals surface area contributed by atoms with Crippen LogP contribution in [-0.4, -0.2) is 59.4 Å². The molecule has 7 nitrogen and oxygen atoms in total. The highest BCUT2D eigenvalue weighted by Gasteiger charge is 2.50. The van der Waals surface area contributed by atoms with Gasteiger partial charge in [0, 0.05) is 18.2 Å². The highest BCUT2D eigenvalue weighted by Crippen LogP contribution is 2.51. The number of carbonyl (C=O) groups excluding carboxylic acids is 1. The number of likely N-dealkylation sites (N-methyl/N-ethyl adjacent to an activating group) is 1. The van der Waals surface area contributed by atoms with Crippen molar-refractivity contribution in [3.63, 3.8) is 0 Å². The third-order valence-electron chi connectivity index (χ3n) is 7.09. The van der Waals surface area contributed by atoms with Crippen molar-refractivity contribution in [3.05, 3.63) is 77.4 Å². The molecule has 3 aromatic carbocycles. The molecule has 3 aromatic rings. The van der Waals surface area contributed by atoms with Gasteiger partial charge in [0.1, 0.15) is 11.2 Å². The second-order valence-electron chi connectivity index (χ2n) is 9.21. The van der Waals surface area contributed by atoms with Gasteiger partial charge in [0.05, 0.1) is 28.4 Å². The molecule has 0 saturated heterocycles. The molecule has 0 radical (unpaired) electrons. The lowest BCUT2D eigenvalue weighted by Gasteiger charge is -2.28. The van der Waals surface area contributed by atoms with E-state index in [0.717, 1.165) is 48.6 Å². The number of methoxy groups -OCH3 is 4. The number of ether oxygens (including phenoxy) is 5. The summed E-state index contributed by atoms with van der Waals surface area (Å²) >= 11 is 0. The lowest BCUT2D eigenvalue weighted by Crippen LogP contribution is -2.36. The smallest absolute Gasteiger partial charge is 0.326 e. The van der Waals surface area contributed by atoms with E-state index in [1.807, 2.05) is 48.5 Å². The Balaban J connectivity index is 1.50. The summed E-state index contributed by atoms with van der Waals surface area (Å²) in [6.07, 6.45) is 2.29. The maximum absolute atomic E-state index is 13.5. The van der Waals surface area contributed by atoms with E-state index in [1.165, 1.54) is 5.56 Å². The van der Waals surface area contributed by atoms with Crippen molar-refractivity contribution < 1.29 is 28.5 Å². The molecule has 1 aliphatic rings. The van der Waals surface area contributed by atoms with Crippen molar-refractivity contribution in [2.24, 2.45) is 0 Å². The van der Waals surface area contributed by atoms with Gasteiger partial charge in [-0.05, 0) is 62.2 Å². The average Bonchev–Trinajstić information content (AvgIpc) is 3.21. The maximum atomic E-state index is 13.5. The van der Waals surface area contributed by atoms with Crippen molar-refractivity contribution in [1.29, 1.82) is 0 Å². The fourth-order valence-electron chi connectivity index (χ4n) is 5.03. The van der Waals surface area contributed by atoms with Crippen molar-refractivity contribution in [3.8, 4) is 28.7 Å². The summed E-state index contributed by atoms with van der Waals surface area (Å²) in [6, 6.07) is 19.5.